The highest BCUT2D eigenvalue weighted by atomic mass is 35.5. The van der Waals surface area contributed by atoms with Crippen molar-refractivity contribution in [2.75, 3.05) is 7.11 Å². The van der Waals surface area contributed by atoms with Gasteiger partial charge in [-0.25, -0.2) is 4.39 Å². The van der Waals surface area contributed by atoms with Gasteiger partial charge >= 0.3 is 0 Å². The molecule has 6 heteroatoms. The molecule has 0 aliphatic rings. The van der Waals surface area contributed by atoms with E-state index in [-0.39, 0.29) is 24.6 Å². The molecule has 0 bridgehead atoms. The van der Waals surface area contributed by atoms with E-state index in [2.05, 4.69) is 5.32 Å². The molecule has 0 radical (unpaired) electrons. The molecule has 2 aromatic rings. The molecule has 0 aromatic heterocycles. The Balaban J connectivity index is 1.94. The van der Waals surface area contributed by atoms with E-state index in [1.165, 1.54) is 19.2 Å². The lowest BCUT2D eigenvalue weighted by Crippen LogP contribution is -2.24. The molecule has 1 amide bonds. The van der Waals surface area contributed by atoms with Gasteiger partial charge in [-0.3, -0.25) is 4.79 Å². The van der Waals surface area contributed by atoms with Crippen LogP contribution in [0, 0.1) is 5.82 Å². The first-order chi connectivity index (χ1) is 10.5. The van der Waals surface area contributed by atoms with Crippen LogP contribution in [0.1, 0.15) is 11.1 Å². The summed E-state index contributed by atoms with van der Waals surface area (Å²) in [6.45, 7) is 0.285. The monoisotopic (exact) mass is 341 g/mol. The minimum Gasteiger partial charge on any atom is -0.494 e. The Hall–Kier alpha value is -1.78. The first kappa shape index (κ1) is 16.6. The van der Waals surface area contributed by atoms with Crippen molar-refractivity contribution in [3.8, 4) is 5.75 Å². The van der Waals surface area contributed by atoms with E-state index in [4.69, 9.17) is 27.9 Å². The molecule has 0 saturated heterocycles. The van der Waals surface area contributed by atoms with Crippen molar-refractivity contribution in [3.63, 3.8) is 0 Å². The Labute approximate surface area is 138 Å². The van der Waals surface area contributed by atoms with Crippen LogP contribution < -0.4 is 10.1 Å². The number of hydrogen-bond acceptors (Lipinski definition) is 2. The van der Waals surface area contributed by atoms with Crippen LogP contribution in [0.25, 0.3) is 0 Å². The van der Waals surface area contributed by atoms with E-state index in [1.807, 2.05) is 0 Å². The average molecular weight is 342 g/mol. The normalized spacial score (nSPS) is 10.4. The van der Waals surface area contributed by atoms with Gasteiger partial charge in [-0.2, -0.15) is 0 Å². The van der Waals surface area contributed by atoms with E-state index in [0.717, 1.165) is 5.56 Å². The Kier molecular flexibility index (Phi) is 5.63. The Morgan fingerprint density at radius 3 is 2.64 bits per heavy atom. The lowest BCUT2D eigenvalue weighted by Gasteiger charge is -2.08. The second-order valence-corrected chi connectivity index (χ2v) is 5.50. The lowest BCUT2D eigenvalue weighted by molar-refractivity contribution is -0.120. The molecule has 0 saturated carbocycles. The van der Waals surface area contributed by atoms with Crippen molar-refractivity contribution >= 4 is 29.1 Å². The van der Waals surface area contributed by atoms with Crippen molar-refractivity contribution in [2.45, 2.75) is 13.0 Å². The summed E-state index contributed by atoms with van der Waals surface area (Å²) in [7, 11) is 1.39. The van der Waals surface area contributed by atoms with Gasteiger partial charge in [-0.15, -0.1) is 0 Å². The van der Waals surface area contributed by atoms with Crippen molar-refractivity contribution in [1.29, 1.82) is 0 Å². The first-order valence-corrected chi connectivity index (χ1v) is 7.28. The molecule has 3 nitrogen and oxygen atoms in total. The summed E-state index contributed by atoms with van der Waals surface area (Å²) in [6, 6.07) is 9.49. The maximum atomic E-state index is 13.6. The maximum Gasteiger partial charge on any atom is 0.224 e. The second kappa shape index (κ2) is 7.47. The molecule has 22 heavy (non-hydrogen) atoms. The minimum atomic E-state index is -0.492. The molecule has 116 valence electrons. The molecule has 2 rings (SSSR count). The number of hydrogen-bond donors (Lipinski definition) is 1. The number of halogens is 3. The van der Waals surface area contributed by atoms with Crippen LogP contribution in [-0.4, -0.2) is 13.0 Å². The van der Waals surface area contributed by atoms with E-state index >= 15 is 0 Å². The number of nitrogens with one attached hydrogen (secondary N) is 1. The van der Waals surface area contributed by atoms with Crippen molar-refractivity contribution in [3.05, 3.63) is 63.4 Å². The summed E-state index contributed by atoms with van der Waals surface area (Å²) < 4.78 is 18.4. The van der Waals surface area contributed by atoms with Crippen LogP contribution in [0.15, 0.2) is 36.4 Å². The van der Waals surface area contributed by atoms with E-state index in [9.17, 15) is 9.18 Å². The fourth-order valence-corrected chi connectivity index (χ4v) is 2.40. The molecule has 0 fully saturated rings. The van der Waals surface area contributed by atoms with Gasteiger partial charge in [-0.05, 0) is 35.4 Å². The van der Waals surface area contributed by atoms with Gasteiger partial charge in [0.25, 0.3) is 0 Å². The molecule has 0 heterocycles. The van der Waals surface area contributed by atoms with Crippen LogP contribution in [0.3, 0.4) is 0 Å². The first-order valence-electron chi connectivity index (χ1n) is 6.52. The summed E-state index contributed by atoms with van der Waals surface area (Å²) in [5, 5.41) is 3.76. The number of ether oxygens (including phenoxy) is 1. The predicted octanol–water partition coefficient (Wildman–Crippen LogP) is 4.00. The quantitative estimate of drug-likeness (QED) is 0.892. The lowest BCUT2D eigenvalue weighted by atomic mass is 10.1. The van der Waals surface area contributed by atoms with Crippen molar-refractivity contribution < 1.29 is 13.9 Å². The van der Waals surface area contributed by atoms with Gasteiger partial charge in [0.2, 0.25) is 5.91 Å². The molecule has 0 aliphatic heterocycles. The van der Waals surface area contributed by atoms with Crippen LogP contribution in [0.4, 0.5) is 4.39 Å². The van der Waals surface area contributed by atoms with Gasteiger partial charge in [0.1, 0.15) is 0 Å². The fraction of sp³-hybridized carbons (Fsp3) is 0.188. The highest BCUT2D eigenvalue weighted by molar-refractivity contribution is 6.35. The average Bonchev–Trinajstić information content (AvgIpc) is 2.46. The van der Waals surface area contributed by atoms with Crippen LogP contribution in [0.2, 0.25) is 10.0 Å². The van der Waals surface area contributed by atoms with Crippen LogP contribution >= 0.6 is 23.2 Å². The number of carbonyl (C=O) groups excluding carboxylic acids is 1. The SMILES string of the molecule is COc1ccc(CC(=O)NCc2ccc(Cl)cc2Cl)cc1F. The van der Waals surface area contributed by atoms with Gasteiger partial charge < -0.3 is 10.1 Å². The van der Waals surface area contributed by atoms with Gasteiger partial charge in [0.05, 0.1) is 13.5 Å². The largest absolute Gasteiger partial charge is 0.494 e. The van der Waals surface area contributed by atoms with Crippen molar-refractivity contribution in [1.82, 2.24) is 5.32 Å². The fourth-order valence-electron chi connectivity index (χ4n) is 1.93. The zero-order valence-electron chi connectivity index (χ0n) is 11.8. The standard InChI is InChI=1S/C16H14Cl2FNO2/c1-22-15-5-2-10(6-14(15)19)7-16(21)20-9-11-3-4-12(17)8-13(11)18/h2-6,8H,7,9H2,1H3,(H,20,21). The van der Waals surface area contributed by atoms with Crippen LogP contribution in [-0.2, 0) is 17.8 Å². The Bertz CT molecular complexity index is 692. The molecule has 0 atom stereocenters. The third kappa shape index (κ3) is 4.36. The number of benzene rings is 2. The second-order valence-electron chi connectivity index (χ2n) is 4.66. The maximum absolute atomic E-state index is 13.6. The Morgan fingerprint density at radius 1 is 1.23 bits per heavy atom. The molecule has 0 aliphatic carbocycles. The van der Waals surface area contributed by atoms with Crippen LogP contribution in [0.5, 0.6) is 5.75 Å². The summed E-state index contributed by atoms with van der Waals surface area (Å²) >= 11 is 11.8. The van der Waals surface area contributed by atoms with E-state index in [0.29, 0.717) is 15.6 Å². The molecule has 1 N–H and O–H groups in total. The van der Waals surface area contributed by atoms with E-state index in [1.54, 1.807) is 24.3 Å². The number of methoxy groups -OCH3 is 1. The van der Waals surface area contributed by atoms with Gasteiger partial charge in [-0.1, -0.05) is 35.3 Å². The summed E-state index contributed by atoms with van der Waals surface area (Å²) in [5.74, 6) is -0.568. The zero-order valence-corrected chi connectivity index (χ0v) is 13.3. The molecular weight excluding hydrogens is 328 g/mol. The smallest absolute Gasteiger partial charge is 0.224 e. The molecule has 2 aromatic carbocycles. The van der Waals surface area contributed by atoms with Crippen molar-refractivity contribution in [2.24, 2.45) is 0 Å². The third-order valence-corrected chi connectivity index (χ3v) is 3.66. The highest BCUT2D eigenvalue weighted by Crippen LogP contribution is 2.21. The molecule has 0 spiro atoms. The van der Waals surface area contributed by atoms with Gasteiger partial charge in [0.15, 0.2) is 11.6 Å². The summed E-state index contributed by atoms with van der Waals surface area (Å²) in [6.07, 6.45) is 0.0755. The third-order valence-electron chi connectivity index (χ3n) is 3.07. The highest BCUT2D eigenvalue weighted by Gasteiger charge is 2.08. The zero-order chi connectivity index (χ0) is 16.1. The predicted molar refractivity (Wildman–Crippen MR) is 85.0 cm³/mol. The summed E-state index contributed by atoms with van der Waals surface area (Å²) in [4.78, 5) is 11.9. The minimum absolute atomic E-state index is 0.0755. The number of carbonyl (C=O) groups is 1. The number of amides is 1. The van der Waals surface area contributed by atoms with Gasteiger partial charge in [0, 0.05) is 16.6 Å². The summed E-state index contributed by atoms with van der Waals surface area (Å²) in [5.41, 5.74) is 1.33. The number of rotatable bonds is 5. The topological polar surface area (TPSA) is 38.3 Å². The molecular formula is C16H14Cl2FNO2. The Morgan fingerprint density at radius 2 is 2.00 bits per heavy atom. The van der Waals surface area contributed by atoms with E-state index < -0.39 is 5.82 Å². The molecule has 0 unspecified atom stereocenters.